The molecule has 1 aromatic rings. The van der Waals surface area contributed by atoms with Gasteiger partial charge in [0, 0.05) is 0 Å². The van der Waals surface area contributed by atoms with Crippen molar-refractivity contribution in [2.75, 3.05) is 7.11 Å². The first-order valence-corrected chi connectivity index (χ1v) is 5.34. The van der Waals surface area contributed by atoms with E-state index in [0.29, 0.717) is 5.56 Å². The average Bonchev–Trinajstić information content (AvgIpc) is 2.39. The van der Waals surface area contributed by atoms with Gasteiger partial charge < -0.3 is 9.84 Å². The molecule has 0 aliphatic carbocycles. The second kappa shape index (κ2) is 6.56. The number of carbonyl (C=O) groups is 2. The molecule has 0 heterocycles. The number of rotatable bonds is 6. The van der Waals surface area contributed by atoms with Gasteiger partial charge in [0.1, 0.15) is 12.1 Å². The van der Waals surface area contributed by atoms with Crippen molar-refractivity contribution in [2.24, 2.45) is 0 Å². The molecule has 0 saturated carbocycles. The van der Waals surface area contributed by atoms with Crippen molar-refractivity contribution in [1.29, 1.82) is 0 Å². The number of carboxylic acid groups (broad SMARTS) is 1. The summed E-state index contributed by atoms with van der Waals surface area (Å²) in [5.41, 5.74) is 0.556. The first-order valence-electron chi connectivity index (χ1n) is 5.34. The fourth-order valence-electron chi connectivity index (χ4n) is 1.49. The molecule has 2 N–H and O–H groups in total. The number of carbonyl (C=O) groups excluding carboxylic acids is 1. The zero-order valence-electron chi connectivity index (χ0n) is 10.00. The van der Waals surface area contributed by atoms with Crippen LogP contribution in [0, 0.1) is 0 Å². The molecule has 5 heteroatoms. The Labute approximate surface area is 105 Å². The summed E-state index contributed by atoms with van der Waals surface area (Å²) in [5.74, 6) is -1.65. The van der Waals surface area contributed by atoms with Crippen LogP contribution in [0.4, 0.5) is 0 Å². The lowest BCUT2D eigenvalue weighted by Gasteiger charge is -2.19. The summed E-state index contributed by atoms with van der Waals surface area (Å²) in [7, 11) is 1.23. The van der Waals surface area contributed by atoms with E-state index in [2.05, 4.69) is 16.6 Å². The van der Waals surface area contributed by atoms with Gasteiger partial charge in [0.15, 0.2) is 0 Å². The Bertz CT molecular complexity index is 430. The van der Waals surface area contributed by atoms with Crippen molar-refractivity contribution in [2.45, 2.75) is 12.1 Å². The highest BCUT2D eigenvalue weighted by Crippen LogP contribution is 2.14. The van der Waals surface area contributed by atoms with Crippen LogP contribution in [0.5, 0.6) is 0 Å². The molecular weight excluding hydrogens is 234 g/mol. The van der Waals surface area contributed by atoms with Crippen LogP contribution in [-0.2, 0) is 14.3 Å². The minimum absolute atomic E-state index is 0.556. The maximum absolute atomic E-state index is 11.4. The van der Waals surface area contributed by atoms with Crippen LogP contribution in [0.2, 0.25) is 0 Å². The summed E-state index contributed by atoms with van der Waals surface area (Å²) in [6, 6.07) is 6.73. The SMILES string of the molecule is C=CC(NC(C(=O)O)c1ccccc1)C(=O)OC. The van der Waals surface area contributed by atoms with Crippen LogP contribution >= 0.6 is 0 Å². The van der Waals surface area contributed by atoms with E-state index in [-0.39, 0.29) is 0 Å². The number of ether oxygens (including phenoxy) is 1. The van der Waals surface area contributed by atoms with Crippen molar-refractivity contribution in [3.8, 4) is 0 Å². The van der Waals surface area contributed by atoms with Gasteiger partial charge in [-0.3, -0.25) is 14.9 Å². The van der Waals surface area contributed by atoms with Crippen LogP contribution in [0.15, 0.2) is 43.0 Å². The van der Waals surface area contributed by atoms with E-state index in [1.54, 1.807) is 30.3 Å². The molecule has 0 bridgehead atoms. The van der Waals surface area contributed by atoms with E-state index in [0.717, 1.165) is 0 Å². The molecule has 0 aliphatic rings. The Morgan fingerprint density at radius 2 is 2.00 bits per heavy atom. The monoisotopic (exact) mass is 249 g/mol. The van der Waals surface area contributed by atoms with Crippen LogP contribution in [-0.4, -0.2) is 30.2 Å². The van der Waals surface area contributed by atoms with Crippen LogP contribution in [0.25, 0.3) is 0 Å². The zero-order valence-corrected chi connectivity index (χ0v) is 10.00. The first kappa shape index (κ1) is 13.9. The van der Waals surface area contributed by atoms with Crippen molar-refractivity contribution >= 4 is 11.9 Å². The van der Waals surface area contributed by atoms with Gasteiger partial charge in [-0.15, -0.1) is 6.58 Å². The molecule has 0 fully saturated rings. The van der Waals surface area contributed by atoms with Crippen LogP contribution < -0.4 is 5.32 Å². The van der Waals surface area contributed by atoms with Crippen LogP contribution in [0.1, 0.15) is 11.6 Å². The third-order valence-corrected chi connectivity index (χ3v) is 2.42. The van der Waals surface area contributed by atoms with E-state index < -0.39 is 24.0 Å². The number of aliphatic carboxylic acids is 1. The lowest BCUT2D eigenvalue weighted by molar-refractivity contribution is -0.143. The number of hydrogen-bond donors (Lipinski definition) is 2. The van der Waals surface area contributed by atoms with Gasteiger partial charge in [0.25, 0.3) is 0 Å². The molecule has 2 atom stereocenters. The van der Waals surface area contributed by atoms with Gasteiger partial charge in [0.05, 0.1) is 7.11 Å². The molecule has 0 aromatic heterocycles. The Morgan fingerprint density at radius 3 is 2.44 bits per heavy atom. The summed E-state index contributed by atoms with van der Waals surface area (Å²) < 4.78 is 4.55. The third kappa shape index (κ3) is 3.43. The van der Waals surface area contributed by atoms with Crippen molar-refractivity contribution < 1.29 is 19.4 Å². The maximum Gasteiger partial charge on any atom is 0.326 e. The van der Waals surface area contributed by atoms with E-state index >= 15 is 0 Å². The Hall–Kier alpha value is -2.14. The number of esters is 1. The van der Waals surface area contributed by atoms with Crippen LogP contribution in [0.3, 0.4) is 0 Å². The van der Waals surface area contributed by atoms with E-state index in [1.165, 1.54) is 13.2 Å². The smallest absolute Gasteiger partial charge is 0.326 e. The zero-order chi connectivity index (χ0) is 13.5. The molecule has 0 spiro atoms. The molecule has 1 aromatic carbocycles. The normalized spacial score (nSPS) is 13.4. The van der Waals surface area contributed by atoms with E-state index in [4.69, 9.17) is 0 Å². The quantitative estimate of drug-likeness (QED) is 0.584. The number of carboxylic acids is 1. The minimum Gasteiger partial charge on any atom is -0.480 e. The summed E-state index contributed by atoms with van der Waals surface area (Å²) in [6.07, 6.45) is 1.31. The number of hydrogen-bond acceptors (Lipinski definition) is 4. The molecule has 1 rings (SSSR count). The molecule has 96 valence electrons. The van der Waals surface area contributed by atoms with Gasteiger partial charge in [-0.2, -0.15) is 0 Å². The molecule has 0 saturated heterocycles. The van der Waals surface area contributed by atoms with E-state index in [1.807, 2.05) is 0 Å². The second-order valence-electron chi connectivity index (χ2n) is 3.59. The molecule has 0 radical (unpaired) electrons. The van der Waals surface area contributed by atoms with E-state index in [9.17, 15) is 14.7 Å². The molecule has 18 heavy (non-hydrogen) atoms. The topological polar surface area (TPSA) is 75.6 Å². The molecule has 0 amide bonds. The highest BCUT2D eigenvalue weighted by atomic mass is 16.5. The lowest BCUT2D eigenvalue weighted by atomic mass is 10.1. The average molecular weight is 249 g/mol. The molecule has 5 nitrogen and oxygen atoms in total. The summed E-state index contributed by atoms with van der Waals surface area (Å²) in [5, 5.41) is 11.9. The second-order valence-corrected chi connectivity index (χ2v) is 3.59. The number of benzene rings is 1. The lowest BCUT2D eigenvalue weighted by Crippen LogP contribution is -2.41. The molecule has 2 unspecified atom stereocenters. The van der Waals surface area contributed by atoms with Crippen molar-refractivity contribution in [3.63, 3.8) is 0 Å². The Morgan fingerprint density at radius 1 is 1.39 bits per heavy atom. The van der Waals surface area contributed by atoms with Gasteiger partial charge in [-0.1, -0.05) is 36.4 Å². The summed E-state index contributed by atoms with van der Waals surface area (Å²) >= 11 is 0. The van der Waals surface area contributed by atoms with Gasteiger partial charge in [0.2, 0.25) is 0 Å². The standard InChI is InChI=1S/C13H15NO4/c1-3-10(13(17)18-2)14-11(12(15)16)9-7-5-4-6-8-9/h3-8,10-11,14H,1H2,2H3,(H,15,16). The molecule has 0 aliphatic heterocycles. The highest BCUT2D eigenvalue weighted by Gasteiger charge is 2.25. The van der Waals surface area contributed by atoms with Gasteiger partial charge in [-0.05, 0) is 5.56 Å². The fraction of sp³-hybridized carbons (Fsp3) is 0.231. The maximum atomic E-state index is 11.4. The fourth-order valence-corrected chi connectivity index (χ4v) is 1.49. The number of methoxy groups -OCH3 is 1. The number of nitrogens with one attached hydrogen (secondary N) is 1. The Kier molecular flexibility index (Phi) is 5.07. The van der Waals surface area contributed by atoms with Crippen molar-refractivity contribution in [1.82, 2.24) is 5.32 Å². The summed E-state index contributed by atoms with van der Waals surface area (Å²) in [4.78, 5) is 22.6. The molecular formula is C13H15NO4. The summed E-state index contributed by atoms with van der Waals surface area (Å²) in [6.45, 7) is 3.48. The third-order valence-electron chi connectivity index (χ3n) is 2.42. The van der Waals surface area contributed by atoms with Gasteiger partial charge >= 0.3 is 11.9 Å². The predicted octanol–water partition coefficient (Wildman–Crippen LogP) is 1.13. The first-order chi connectivity index (χ1) is 8.60. The predicted molar refractivity (Wildman–Crippen MR) is 66.0 cm³/mol. The minimum atomic E-state index is -1.07. The highest BCUT2D eigenvalue weighted by molar-refractivity contribution is 5.80. The van der Waals surface area contributed by atoms with Crippen molar-refractivity contribution in [3.05, 3.63) is 48.6 Å². The Balaban J connectivity index is 2.91. The van der Waals surface area contributed by atoms with Gasteiger partial charge in [-0.25, -0.2) is 0 Å². The largest absolute Gasteiger partial charge is 0.480 e.